The molecule has 2 aromatic rings. The lowest BCUT2D eigenvalue weighted by Gasteiger charge is -2.26. The molecule has 0 aliphatic carbocycles. The lowest BCUT2D eigenvalue weighted by Crippen LogP contribution is -2.35. The van der Waals surface area contributed by atoms with Crippen LogP contribution in [-0.4, -0.2) is 41.1 Å². The van der Waals surface area contributed by atoms with E-state index < -0.39 is 11.4 Å². The molecule has 0 saturated heterocycles. The summed E-state index contributed by atoms with van der Waals surface area (Å²) in [6.45, 7) is 3.96. The Morgan fingerprint density at radius 1 is 1.40 bits per heavy atom. The number of aromatic nitrogens is 6. The van der Waals surface area contributed by atoms with Gasteiger partial charge < -0.3 is 5.11 Å². The van der Waals surface area contributed by atoms with E-state index in [1.54, 1.807) is 24.0 Å². The van der Waals surface area contributed by atoms with Crippen LogP contribution in [0.3, 0.4) is 0 Å². The van der Waals surface area contributed by atoms with Crippen molar-refractivity contribution >= 4 is 5.97 Å². The summed E-state index contributed by atoms with van der Waals surface area (Å²) in [4.78, 5) is 11.6. The number of carboxylic acid groups (broad SMARTS) is 1. The number of carbonyl (C=O) groups is 1. The van der Waals surface area contributed by atoms with Crippen molar-refractivity contribution in [3.05, 3.63) is 12.3 Å². The Morgan fingerprint density at radius 2 is 2.10 bits per heavy atom. The molecule has 0 aromatic carbocycles. The van der Waals surface area contributed by atoms with E-state index in [1.807, 2.05) is 13.8 Å². The summed E-state index contributed by atoms with van der Waals surface area (Å²) in [6, 6.07) is 1.79. The zero-order chi connectivity index (χ0) is 14.8. The fourth-order valence-electron chi connectivity index (χ4n) is 2.16. The van der Waals surface area contributed by atoms with E-state index in [2.05, 4.69) is 20.6 Å². The van der Waals surface area contributed by atoms with Crippen molar-refractivity contribution < 1.29 is 9.90 Å². The van der Waals surface area contributed by atoms with Gasteiger partial charge in [0.2, 0.25) is 5.82 Å². The smallest absolute Gasteiger partial charge is 0.311 e. The summed E-state index contributed by atoms with van der Waals surface area (Å²) in [6.07, 6.45) is 2.82. The van der Waals surface area contributed by atoms with E-state index in [0.29, 0.717) is 24.4 Å². The highest BCUT2D eigenvalue weighted by molar-refractivity contribution is 5.74. The molecule has 0 bridgehead atoms. The van der Waals surface area contributed by atoms with Crippen molar-refractivity contribution in [1.82, 2.24) is 30.0 Å². The van der Waals surface area contributed by atoms with Gasteiger partial charge in [0.05, 0.1) is 12.0 Å². The van der Waals surface area contributed by atoms with Gasteiger partial charge in [-0.1, -0.05) is 13.8 Å². The molecule has 0 fully saturated rings. The highest BCUT2D eigenvalue weighted by Gasteiger charge is 2.36. The van der Waals surface area contributed by atoms with Crippen molar-refractivity contribution in [2.45, 2.75) is 33.2 Å². The highest BCUT2D eigenvalue weighted by atomic mass is 16.4. The first-order valence-electron chi connectivity index (χ1n) is 6.52. The quantitative estimate of drug-likeness (QED) is 0.845. The Balaban J connectivity index is 2.35. The lowest BCUT2D eigenvalue weighted by molar-refractivity contribution is -0.150. The molecule has 0 saturated carbocycles. The summed E-state index contributed by atoms with van der Waals surface area (Å²) in [5.41, 5.74) is -0.233. The Labute approximate surface area is 116 Å². The fraction of sp³-hybridized carbons (Fsp3) is 0.583. The number of carboxylic acids is 1. The van der Waals surface area contributed by atoms with Crippen LogP contribution in [-0.2, 0) is 18.4 Å². The molecule has 0 spiro atoms. The number of tetrazole rings is 1. The standard InChI is InChI=1S/C12H18N6O2/c1-4-12(5-2,11(19)20)8-18-10(13-15-16-18)9-6-7-17(3)14-9/h6-7H,4-5,8H2,1-3H3,(H,19,20). The predicted molar refractivity (Wildman–Crippen MR) is 70.7 cm³/mol. The normalized spacial score (nSPS) is 11.8. The van der Waals surface area contributed by atoms with Gasteiger partial charge in [-0.3, -0.25) is 9.48 Å². The van der Waals surface area contributed by atoms with Crippen molar-refractivity contribution in [3.63, 3.8) is 0 Å². The number of hydrogen-bond donors (Lipinski definition) is 1. The van der Waals surface area contributed by atoms with Crippen LogP contribution in [0.2, 0.25) is 0 Å². The highest BCUT2D eigenvalue weighted by Crippen LogP contribution is 2.30. The molecular weight excluding hydrogens is 260 g/mol. The molecule has 8 heteroatoms. The molecule has 0 amide bonds. The van der Waals surface area contributed by atoms with E-state index in [1.165, 1.54) is 4.68 Å². The first-order chi connectivity index (χ1) is 9.52. The molecule has 2 rings (SSSR count). The minimum atomic E-state index is -0.862. The third-order valence-corrected chi connectivity index (χ3v) is 3.73. The summed E-state index contributed by atoms with van der Waals surface area (Å²) >= 11 is 0. The third-order valence-electron chi connectivity index (χ3n) is 3.73. The Bertz CT molecular complexity index is 599. The largest absolute Gasteiger partial charge is 0.481 e. The molecule has 2 aromatic heterocycles. The van der Waals surface area contributed by atoms with Crippen LogP contribution in [0.1, 0.15) is 26.7 Å². The number of hydrogen-bond acceptors (Lipinski definition) is 5. The second kappa shape index (κ2) is 5.40. The van der Waals surface area contributed by atoms with Crippen LogP contribution in [0.15, 0.2) is 12.3 Å². The first kappa shape index (κ1) is 14.2. The SMILES string of the molecule is CCC(CC)(Cn1nnnc1-c1ccn(C)n1)C(=O)O. The van der Waals surface area contributed by atoms with Crippen LogP contribution in [0.5, 0.6) is 0 Å². The van der Waals surface area contributed by atoms with E-state index in [-0.39, 0.29) is 6.54 Å². The maximum atomic E-state index is 11.6. The molecule has 1 N–H and O–H groups in total. The van der Waals surface area contributed by atoms with Crippen LogP contribution >= 0.6 is 0 Å². The van der Waals surface area contributed by atoms with Gasteiger partial charge in [0.1, 0.15) is 5.69 Å². The van der Waals surface area contributed by atoms with Gasteiger partial charge >= 0.3 is 5.97 Å². The van der Waals surface area contributed by atoms with Crippen molar-refractivity contribution in [1.29, 1.82) is 0 Å². The number of aliphatic carboxylic acids is 1. The van der Waals surface area contributed by atoms with Crippen molar-refractivity contribution in [2.24, 2.45) is 12.5 Å². The molecule has 0 aliphatic heterocycles. The van der Waals surface area contributed by atoms with E-state index in [4.69, 9.17) is 0 Å². The monoisotopic (exact) mass is 278 g/mol. The van der Waals surface area contributed by atoms with Crippen LogP contribution in [0.25, 0.3) is 11.5 Å². The molecule has 0 radical (unpaired) electrons. The first-order valence-corrected chi connectivity index (χ1v) is 6.52. The molecule has 0 unspecified atom stereocenters. The summed E-state index contributed by atoms with van der Waals surface area (Å²) < 4.78 is 3.17. The molecule has 8 nitrogen and oxygen atoms in total. The average Bonchev–Trinajstić information content (AvgIpc) is 3.04. The predicted octanol–water partition coefficient (Wildman–Crippen LogP) is 0.965. The fourth-order valence-corrected chi connectivity index (χ4v) is 2.16. The maximum absolute atomic E-state index is 11.6. The van der Waals surface area contributed by atoms with Gasteiger partial charge in [-0.2, -0.15) is 5.10 Å². The van der Waals surface area contributed by atoms with E-state index >= 15 is 0 Å². The second-order valence-electron chi connectivity index (χ2n) is 4.83. The van der Waals surface area contributed by atoms with Gasteiger partial charge in [0, 0.05) is 13.2 Å². The van der Waals surface area contributed by atoms with Crippen LogP contribution in [0, 0.1) is 5.41 Å². The topological polar surface area (TPSA) is 98.7 Å². The van der Waals surface area contributed by atoms with Gasteiger partial charge in [-0.25, -0.2) is 4.68 Å². The van der Waals surface area contributed by atoms with Crippen LogP contribution in [0.4, 0.5) is 0 Å². The number of rotatable bonds is 6. The molecular formula is C12H18N6O2. The number of nitrogens with zero attached hydrogens (tertiary/aromatic N) is 6. The summed E-state index contributed by atoms with van der Waals surface area (Å²) in [5, 5.41) is 25.2. The molecule has 2 heterocycles. The van der Waals surface area contributed by atoms with Gasteiger partial charge in [0.15, 0.2) is 0 Å². The maximum Gasteiger partial charge on any atom is 0.311 e. The molecule has 20 heavy (non-hydrogen) atoms. The Morgan fingerprint density at radius 3 is 2.60 bits per heavy atom. The van der Waals surface area contributed by atoms with Gasteiger partial charge in [-0.15, -0.1) is 5.10 Å². The van der Waals surface area contributed by atoms with E-state index in [0.717, 1.165) is 0 Å². The van der Waals surface area contributed by atoms with E-state index in [9.17, 15) is 9.90 Å². The Hall–Kier alpha value is -2.25. The minimum Gasteiger partial charge on any atom is -0.481 e. The lowest BCUT2D eigenvalue weighted by atomic mass is 9.82. The average molecular weight is 278 g/mol. The number of aryl methyl sites for hydroxylation is 1. The van der Waals surface area contributed by atoms with Crippen molar-refractivity contribution in [3.8, 4) is 11.5 Å². The second-order valence-corrected chi connectivity index (χ2v) is 4.83. The molecule has 0 aliphatic rings. The summed E-state index contributed by atoms with van der Waals surface area (Å²) in [5.74, 6) is -0.344. The zero-order valence-electron chi connectivity index (χ0n) is 11.8. The van der Waals surface area contributed by atoms with Gasteiger partial charge in [0.25, 0.3) is 0 Å². The van der Waals surface area contributed by atoms with Crippen LogP contribution < -0.4 is 0 Å². The molecule has 108 valence electrons. The Kier molecular flexibility index (Phi) is 3.82. The third kappa shape index (κ3) is 2.40. The van der Waals surface area contributed by atoms with Crippen molar-refractivity contribution in [2.75, 3.05) is 0 Å². The zero-order valence-corrected chi connectivity index (χ0v) is 11.8. The molecule has 0 atom stereocenters. The minimum absolute atomic E-state index is 0.230. The summed E-state index contributed by atoms with van der Waals surface area (Å²) in [7, 11) is 1.80. The van der Waals surface area contributed by atoms with Gasteiger partial charge in [-0.05, 0) is 29.3 Å².